The maximum Gasteiger partial charge on any atom is 0.341 e. The van der Waals surface area contributed by atoms with Crippen LogP contribution in [0.4, 0.5) is 5.69 Å². The number of hydrogen-bond acceptors (Lipinski definition) is 4. The van der Waals surface area contributed by atoms with Crippen molar-refractivity contribution in [3.63, 3.8) is 0 Å². The van der Waals surface area contributed by atoms with Gasteiger partial charge in [-0.1, -0.05) is 23.2 Å². The van der Waals surface area contributed by atoms with E-state index in [2.05, 4.69) is 10.4 Å². The molecule has 0 amide bonds. The first-order valence-electron chi connectivity index (χ1n) is 6.39. The van der Waals surface area contributed by atoms with Crippen molar-refractivity contribution in [3.05, 3.63) is 45.7 Å². The summed E-state index contributed by atoms with van der Waals surface area (Å²) in [7, 11) is 1.77. The number of benzene rings is 1. The Morgan fingerprint density at radius 1 is 1.38 bits per heavy atom. The molecule has 0 aliphatic rings. The molecule has 0 radical (unpaired) electrons. The maximum atomic E-state index is 11.8. The number of rotatable bonds is 5. The quantitative estimate of drug-likeness (QED) is 0.854. The lowest BCUT2D eigenvalue weighted by molar-refractivity contribution is 0.0525. The first-order valence-corrected chi connectivity index (χ1v) is 7.15. The minimum absolute atomic E-state index is 0.327. The average molecular weight is 328 g/mol. The van der Waals surface area contributed by atoms with Crippen LogP contribution in [-0.4, -0.2) is 22.4 Å². The minimum atomic E-state index is -0.378. The molecule has 0 aliphatic carbocycles. The van der Waals surface area contributed by atoms with Crippen LogP contribution in [0.3, 0.4) is 0 Å². The summed E-state index contributed by atoms with van der Waals surface area (Å²) in [6, 6.07) is 5.25. The zero-order chi connectivity index (χ0) is 15.4. The third-order valence-electron chi connectivity index (χ3n) is 2.94. The molecule has 5 nitrogen and oxygen atoms in total. The Balaban J connectivity index is 2.14. The van der Waals surface area contributed by atoms with E-state index in [1.54, 1.807) is 30.8 Å². The Morgan fingerprint density at radius 2 is 2.14 bits per heavy atom. The summed E-state index contributed by atoms with van der Waals surface area (Å²) in [5.41, 5.74) is 1.99. The number of aryl methyl sites for hydroxylation is 1. The normalized spacial score (nSPS) is 10.5. The summed E-state index contributed by atoms with van der Waals surface area (Å²) in [5, 5.41) is 8.24. The molecule has 1 N–H and O–H groups in total. The van der Waals surface area contributed by atoms with E-state index in [1.165, 1.54) is 6.20 Å². The van der Waals surface area contributed by atoms with Crippen molar-refractivity contribution >= 4 is 34.9 Å². The summed E-state index contributed by atoms with van der Waals surface area (Å²) in [5.74, 6) is -0.378. The third kappa shape index (κ3) is 3.68. The number of esters is 1. The summed E-state index contributed by atoms with van der Waals surface area (Å²) in [6.45, 7) is 2.51. The molecule has 0 bridgehead atoms. The first kappa shape index (κ1) is 15.7. The molecule has 1 aromatic heterocycles. The Bertz CT molecular complexity index is 656. The van der Waals surface area contributed by atoms with E-state index >= 15 is 0 Å². The van der Waals surface area contributed by atoms with Gasteiger partial charge < -0.3 is 10.1 Å². The van der Waals surface area contributed by atoms with Crippen LogP contribution in [0.15, 0.2) is 24.4 Å². The zero-order valence-corrected chi connectivity index (χ0v) is 13.2. The molecule has 1 aromatic carbocycles. The van der Waals surface area contributed by atoms with Gasteiger partial charge in [0.25, 0.3) is 0 Å². The number of nitrogens with one attached hydrogen (secondary N) is 1. The lowest BCUT2D eigenvalue weighted by atomic mass is 10.2. The Labute approximate surface area is 132 Å². The van der Waals surface area contributed by atoms with Gasteiger partial charge in [-0.25, -0.2) is 4.79 Å². The number of nitrogens with zero attached hydrogens (tertiary/aromatic N) is 2. The fourth-order valence-corrected chi connectivity index (χ4v) is 2.14. The van der Waals surface area contributed by atoms with Crippen molar-refractivity contribution in [2.75, 3.05) is 11.9 Å². The molecule has 0 aliphatic heterocycles. The van der Waals surface area contributed by atoms with Crippen LogP contribution in [-0.2, 0) is 18.3 Å². The zero-order valence-electron chi connectivity index (χ0n) is 11.7. The van der Waals surface area contributed by atoms with E-state index in [0.29, 0.717) is 28.8 Å². The van der Waals surface area contributed by atoms with E-state index in [0.717, 1.165) is 11.4 Å². The molecular formula is C14H15Cl2N3O2. The van der Waals surface area contributed by atoms with E-state index in [4.69, 9.17) is 27.9 Å². The number of halogens is 2. The van der Waals surface area contributed by atoms with Gasteiger partial charge in [-0.05, 0) is 25.1 Å². The van der Waals surface area contributed by atoms with Gasteiger partial charge in [0.15, 0.2) is 0 Å². The standard InChI is InChI=1S/C14H15Cl2N3O2/c1-3-21-14(20)10-7-18-19(2)13(10)8-17-9-4-5-11(15)12(16)6-9/h4-7,17H,3,8H2,1-2H3. The highest BCUT2D eigenvalue weighted by Gasteiger charge is 2.16. The van der Waals surface area contributed by atoms with Gasteiger partial charge in [-0.15, -0.1) is 0 Å². The number of carbonyl (C=O) groups excluding carboxylic acids is 1. The van der Waals surface area contributed by atoms with Gasteiger partial charge in [0.05, 0.1) is 35.1 Å². The fraction of sp³-hybridized carbons (Fsp3) is 0.286. The number of hydrogen-bond donors (Lipinski definition) is 1. The van der Waals surface area contributed by atoms with Crippen LogP contribution in [0.25, 0.3) is 0 Å². The monoisotopic (exact) mass is 327 g/mol. The van der Waals surface area contributed by atoms with Crippen LogP contribution in [0, 0.1) is 0 Å². The van der Waals surface area contributed by atoms with E-state index < -0.39 is 0 Å². The molecule has 0 unspecified atom stereocenters. The third-order valence-corrected chi connectivity index (χ3v) is 3.68. The van der Waals surface area contributed by atoms with Crippen LogP contribution in [0.5, 0.6) is 0 Å². The predicted molar refractivity (Wildman–Crippen MR) is 83.0 cm³/mol. The molecule has 0 saturated heterocycles. The molecule has 2 rings (SSSR count). The van der Waals surface area contributed by atoms with E-state index in [-0.39, 0.29) is 5.97 Å². The molecule has 0 spiro atoms. The van der Waals surface area contributed by atoms with Crippen molar-refractivity contribution in [2.45, 2.75) is 13.5 Å². The summed E-state index contributed by atoms with van der Waals surface area (Å²) >= 11 is 11.8. The van der Waals surface area contributed by atoms with Gasteiger partial charge >= 0.3 is 5.97 Å². The van der Waals surface area contributed by atoms with Crippen LogP contribution >= 0.6 is 23.2 Å². The molecule has 21 heavy (non-hydrogen) atoms. The largest absolute Gasteiger partial charge is 0.462 e. The second-order valence-corrected chi connectivity index (χ2v) is 5.15. The van der Waals surface area contributed by atoms with Gasteiger partial charge in [0, 0.05) is 12.7 Å². The van der Waals surface area contributed by atoms with Crippen LogP contribution in [0.1, 0.15) is 23.0 Å². The number of anilines is 1. The van der Waals surface area contributed by atoms with Crippen LogP contribution < -0.4 is 5.32 Å². The number of ether oxygens (including phenoxy) is 1. The topological polar surface area (TPSA) is 56.1 Å². The second kappa shape index (κ2) is 6.83. The smallest absolute Gasteiger partial charge is 0.341 e. The first-order chi connectivity index (χ1) is 10.0. The van der Waals surface area contributed by atoms with Crippen molar-refractivity contribution in [2.24, 2.45) is 7.05 Å². The highest BCUT2D eigenvalue weighted by Crippen LogP contribution is 2.25. The van der Waals surface area contributed by atoms with Crippen LogP contribution in [0.2, 0.25) is 10.0 Å². The van der Waals surface area contributed by atoms with Gasteiger partial charge in [-0.3, -0.25) is 4.68 Å². The second-order valence-electron chi connectivity index (χ2n) is 4.33. The molecule has 7 heteroatoms. The molecule has 112 valence electrons. The fourth-order valence-electron chi connectivity index (χ4n) is 1.84. The molecule has 0 fully saturated rings. The SMILES string of the molecule is CCOC(=O)c1cnn(C)c1CNc1ccc(Cl)c(Cl)c1. The molecule has 0 saturated carbocycles. The van der Waals surface area contributed by atoms with Gasteiger partial charge in [0.2, 0.25) is 0 Å². The number of carbonyl (C=O) groups is 1. The predicted octanol–water partition coefficient (Wildman–Crippen LogP) is 3.52. The highest BCUT2D eigenvalue weighted by atomic mass is 35.5. The Hall–Kier alpha value is -1.72. The lowest BCUT2D eigenvalue weighted by Crippen LogP contribution is -2.12. The molecule has 2 aromatic rings. The van der Waals surface area contributed by atoms with E-state index in [1.807, 2.05) is 6.07 Å². The average Bonchev–Trinajstić information content (AvgIpc) is 2.82. The number of aromatic nitrogens is 2. The van der Waals surface area contributed by atoms with Gasteiger partial charge in [0.1, 0.15) is 5.56 Å². The van der Waals surface area contributed by atoms with Crippen molar-refractivity contribution in [1.82, 2.24) is 9.78 Å². The summed E-state index contributed by atoms with van der Waals surface area (Å²) in [6.07, 6.45) is 1.50. The molecule has 0 atom stereocenters. The minimum Gasteiger partial charge on any atom is -0.462 e. The van der Waals surface area contributed by atoms with Gasteiger partial charge in [-0.2, -0.15) is 5.10 Å². The van der Waals surface area contributed by atoms with Crippen molar-refractivity contribution < 1.29 is 9.53 Å². The van der Waals surface area contributed by atoms with E-state index in [9.17, 15) is 4.79 Å². The summed E-state index contributed by atoms with van der Waals surface area (Å²) < 4.78 is 6.65. The lowest BCUT2D eigenvalue weighted by Gasteiger charge is -2.09. The van der Waals surface area contributed by atoms with Crippen molar-refractivity contribution in [1.29, 1.82) is 0 Å². The highest BCUT2D eigenvalue weighted by molar-refractivity contribution is 6.42. The molecular weight excluding hydrogens is 313 g/mol. The maximum absolute atomic E-state index is 11.8. The van der Waals surface area contributed by atoms with Crippen molar-refractivity contribution in [3.8, 4) is 0 Å². The summed E-state index contributed by atoms with van der Waals surface area (Å²) in [4.78, 5) is 11.8. The molecule has 1 heterocycles. The Kier molecular flexibility index (Phi) is 5.09. The Morgan fingerprint density at radius 3 is 2.81 bits per heavy atom.